The summed E-state index contributed by atoms with van der Waals surface area (Å²) >= 11 is 0. The van der Waals surface area contributed by atoms with Gasteiger partial charge in [-0.25, -0.2) is 0 Å². The van der Waals surface area contributed by atoms with Crippen molar-refractivity contribution >= 4 is 17.7 Å². The molecule has 0 amide bonds. The van der Waals surface area contributed by atoms with Gasteiger partial charge in [0.15, 0.2) is 0 Å². The van der Waals surface area contributed by atoms with Gasteiger partial charge in [0.25, 0.3) is 0 Å². The van der Waals surface area contributed by atoms with E-state index in [2.05, 4.69) is 0 Å². The van der Waals surface area contributed by atoms with Gasteiger partial charge in [0.05, 0.1) is 0 Å². The monoisotopic (exact) mass is 202 g/mol. The Morgan fingerprint density at radius 3 is 1.50 bits per heavy atom. The predicted octanol–water partition coefficient (Wildman–Crippen LogP) is 0.808. The molecule has 0 aromatic carbocycles. The summed E-state index contributed by atoms with van der Waals surface area (Å²) in [5.41, 5.74) is 0. The van der Waals surface area contributed by atoms with E-state index in [0.29, 0.717) is 0 Å². The van der Waals surface area contributed by atoms with Crippen LogP contribution in [-0.4, -0.2) is 23.5 Å². The van der Waals surface area contributed by atoms with Crippen molar-refractivity contribution in [1.29, 1.82) is 0 Å². The summed E-state index contributed by atoms with van der Waals surface area (Å²) in [7, 11) is 0. The van der Waals surface area contributed by atoms with Gasteiger partial charge in [0, 0.05) is 27.2 Å². The van der Waals surface area contributed by atoms with E-state index in [1.54, 1.807) is 6.92 Å². The molecule has 0 radical (unpaired) electrons. The highest BCUT2D eigenvalue weighted by Gasteiger charge is 2.40. The first-order valence-electron chi connectivity index (χ1n) is 4.24. The second-order valence-electron chi connectivity index (χ2n) is 2.85. The number of ketones is 1. The first-order chi connectivity index (χ1) is 6.34. The van der Waals surface area contributed by atoms with Gasteiger partial charge in [-0.1, -0.05) is 6.92 Å². The molecule has 0 aliphatic heterocycles. The van der Waals surface area contributed by atoms with Crippen molar-refractivity contribution < 1.29 is 23.9 Å². The van der Waals surface area contributed by atoms with E-state index < -0.39 is 23.5 Å². The van der Waals surface area contributed by atoms with E-state index in [-0.39, 0.29) is 6.42 Å². The van der Waals surface area contributed by atoms with E-state index >= 15 is 0 Å². The maximum Gasteiger partial charge on any atom is 0.315 e. The second-order valence-corrected chi connectivity index (χ2v) is 2.85. The van der Waals surface area contributed by atoms with Gasteiger partial charge in [-0.3, -0.25) is 14.4 Å². The maximum absolute atomic E-state index is 11.2. The van der Waals surface area contributed by atoms with Crippen molar-refractivity contribution in [3.05, 3.63) is 0 Å². The van der Waals surface area contributed by atoms with E-state index in [1.807, 2.05) is 0 Å². The topological polar surface area (TPSA) is 69.7 Å². The largest absolute Gasteiger partial charge is 0.415 e. The third-order valence-electron chi connectivity index (χ3n) is 1.62. The minimum atomic E-state index is -1.75. The minimum absolute atomic E-state index is 0.0987. The summed E-state index contributed by atoms with van der Waals surface area (Å²) in [6, 6.07) is 0. The highest BCUT2D eigenvalue weighted by Crippen LogP contribution is 2.19. The molecule has 0 bridgehead atoms. The van der Waals surface area contributed by atoms with Crippen LogP contribution in [0.25, 0.3) is 0 Å². The standard InChI is InChI=1S/C9H14O5/c1-5-9(6(2)10,13-7(3)11)14-8(4)12/h5H2,1-4H3. The van der Waals surface area contributed by atoms with Crippen molar-refractivity contribution in [2.24, 2.45) is 0 Å². The van der Waals surface area contributed by atoms with Crippen LogP contribution in [0.5, 0.6) is 0 Å². The van der Waals surface area contributed by atoms with Crippen molar-refractivity contribution in [3.63, 3.8) is 0 Å². The van der Waals surface area contributed by atoms with Crippen molar-refractivity contribution in [3.8, 4) is 0 Å². The van der Waals surface area contributed by atoms with Crippen LogP contribution >= 0.6 is 0 Å². The number of hydrogen-bond donors (Lipinski definition) is 0. The summed E-state index contributed by atoms with van der Waals surface area (Å²) < 4.78 is 9.46. The van der Waals surface area contributed by atoms with Gasteiger partial charge in [-0.2, -0.15) is 0 Å². The van der Waals surface area contributed by atoms with Gasteiger partial charge in [0.1, 0.15) is 0 Å². The molecule has 0 atom stereocenters. The minimum Gasteiger partial charge on any atom is -0.415 e. The lowest BCUT2D eigenvalue weighted by Gasteiger charge is -2.28. The lowest BCUT2D eigenvalue weighted by atomic mass is 10.1. The number of Topliss-reactive ketones (excluding diaryl/α,β-unsaturated/α-hetero) is 1. The van der Waals surface area contributed by atoms with E-state index in [0.717, 1.165) is 13.8 Å². The summed E-state index contributed by atoms with van der Waals surface area (Å²) in [6.07, 6.45) is 0.0987. The van der Waals surface area contributed by atoms with E-state index in [9.17, 15) is 14.4 Å². The smallest absolute Gasteiger partial charge is 0.315 e. The molecule has 0 saturated heterocycles. The molecule has 80 valence electrons. The van der Waals surface area contributed by atoms with Gasteiger partial charge < -0.3 is 9.47 Å². The molecule has 0 saturated carbocycles. The van der Waals surface area contributed by atoms with Crippen molar-refractivity contribution in [2.45, 2.75) is 39.9 Å². The highest BCUT2D eigenvalue weighted by molar-refractivity contribution is 5.88. The second kappa shape index (κ2) is 4.74. The van der Waals surface area contributed by atoms with Crippen molar-refractivity contribution in [1.82, 2.24) is 0 Å². The average Bonchev–Trinajstić information content (AvgIpc) is 2.00. The summed E-state index contributed by atoms with van der Waals surface area (Å²) in [6.45, 7) is 5.09. The summed E-state index contributed by atoms with van der Waals surface area (Å²) in [5.74, 6) is -3.59. The van der Waals surface area contributed by atoms with Crippen LogP contribution in [0.15, 0.2) is 0 Å². The molecule has 0 aromatic heterocycles. The zero-order chi connectivity index (χ0) is 11.4. The zero-order valence-electron chi connectivity index (χ0n) is 8.75. The number of esters is 2. The molecule has 0 fully saturated rings. The summed E-state index contributed by atoms with van der Waals surface area (Å²) in [4.78, 5) is 32.7. The number of rotatable bonds is 4. The van der Waals surface area contributed by atoms with Crippen LogP contribution in [0.3, 0.4) is 0 Å². The van der Waals surface area contributed by atoms with Crippen LogP contribution < -0.4 is 0 Å². The Hall–Kier alpha value is -1.39. The fraction of sp³-hybridized carbons (Fsp3) is 0.667. The molecule has 0 aliphatic carbocycles. The molecule has 0 spiro atoms. The van der Waals surface area contributed by atoms with Gasteiger partial charge >= 0.3 is 17.7 Å². The van der Waals surface area contributed by atoms with Gasteiger partial charge in [-0.15, -0.1) is 0 Å². The first-order valence-corrected chi connectivity index (χ1v) is 4.24. The first kappa shape index (κ1) is 12.6. The van der Waals surface area contributed by atoms with E-state index in [1.165, 1.54) is 6.92 Å². The Kier molecular flexibility index (Phi) is 4.27. The van der Waals surface area contributed by atoms with Crippen LogP contribution in [0.4, 0.5) is 0 Å². The fourth-order valence-electron chi connectivity index (χ4n) is 1.02. The number of carbonyl (C=O) groups is 3. The molecule has 0 rings (SSSR count). The average molecular weight is 202 g/mol. The number of carbonyl (C=O) groups excluding carboxylic acids is 3. The third kappa shape index (κ3) is 3.16. The Morgan fingerprint density at radius 1 is 1.00 bits per heavy atom. The van der Waals surface area contributed by atoms with Crippen molar-refractivity contribution in [2.75, 3.05) is 0 Å². The molecule has 0 N–H and O–H groups in total. The normalized spacial score (nSPS) is 10.6. The van der Waals surface area contributed by atoms with Crippen LogP contribution in [0.2, 0.25) is 0 Å². The Bertz CT molecular complexity index is 240. The molecule has 0 heterocycles. The number of ether oxygens (including phenoxy) is 2. The third-order valence-corrected chi connectivity index (χ3v) is 1.62. The molecule has 0 aromatic rings. The molecule has 0 unspecified atom stereocenters. The Labute approximate surface area is 82.4 Å². The molecule has 5 nitrogen and oxygen atoms in total. The van der Waals surface area contributed by atoms with Crippen LogP contribution in [-0.2, 0) is 23.9 Å². The van der Waals surface area contributed by atoms with E-state index in [4.69, 9.17) is 9.47 Å². The van der Waals surface area contributed by atoms with Crippen LogP contribution in [0.1, 0.15) is 34.1 Å². The van der Waals surface area contributed by atoms with Crippen LogP contribution in [0, 0.1) is 0 Å². The zero-order valence-corrected chi connectivity index (χ0v) is 8.75. The fourth-order valence-corrected chi connectivity index (χ4v) is 1.02. The quantitative estimate of drug-likeness (QED) is 0.498. The molecular formula is C9H14O5. The molecule has 14 heavy (non-hydrogen) atoms. The lowest BCUT2D eigenvalue weighted by molar-refractivity contribution is -0.223. The highest BCUT2D eigenvalue weighted by atomic mass is 16.7. The SMILES string of the molecule is CCC(OC(C)=O)(OC(C)=O)C(C)=O. The van der Waals surface area contributed by atoms with Gasteiger partial charge in [-0.05, 0) is 0 Å². The number of hydrogen-bond acceptors (Lipinski definition) is 5. The Balaban J connectivity index is 4.87. The molecule has 0 aliphatic rings. The summed E-state index contributed by atoms with van der Waals surface area (Å²) in [5, 5.41) is 0. The molecule has 5 heteroatoms. The maximum atomic E-state index is 11.2. The Morgan fingerprint density at radius 2 is 1.36 bits per heavy atom. The lowest BCUT2D eigenvalue weighted by Crippen LogP contribution is -2.45. The van der Waals surface area contributed by atoms with Gasteiger partial charge in [0.2, 0.25) is 5.78 Å². The predicted molar refractivity (Wildman–Crippen MR) is 47.2 cm³/mol. The molecular weight excluding hydrogens is 188 g/mol.